The standard InChI is InChI=1S/C3H6Br2O.C3H6Cl2O/c2*4-1-3(6)2-5/h2*3,6H,1-2H2. The molecule has 12 heavy (non-hydrogen) atoms. The van der Waals surface area contributed by atoms with Gasteiger partial charge in [0.2, 0.25) is 0 Å². The lowest BCUT2D eigenvalue weighted by Crippen LogP contribution is -2.08. The Morgan fingerprint density at radius 3 is 1.25 bits per heavy atom. The van der Waals surface area contributed by atoms with E-state index in [1.807, 2.05) is 0 Å². The highest BCUT2D eigenvalue weighted by molar-refractivity contribution is 9.09. The number of aliphatic hydroxyl groups is 2. The maximum atomic E-state index is 8.57. The van der Waals surface area contributed by atoms with Crippen molar-refractivity contribution in [3.05, 3.63) is 0 Å². The molecule has 6 heteroatoms. The van der Waals surface area contributed by atoms with Gasteiger partial charge in [-0.2, -0.15) is 0 Å². The van der Waals surface area contributed by atoms with Crippen LogP contribution in [0.3, 0.4) is 0 Å². The van der Waals surface area contributed by atoms with Crippen molar-refractivity contribution in [2.24, 2.45) is 0 Å². The molecule has 0 heterocycles. The highest BCUT2D eigenvalue weighted by Gasteiger charge is 1.94. The molecule has 0 aliphatic carbocycles. The third kappa shape index (κ3) is 14.0. The van der Waals surface area contributed by atoms with Gasteiger partial charge in [0.25, 0.3) is 0 Å². The quantitative estimate of drug-likeness (QED) is 0.764. The van der Waals surface area contributed by atoms with Crippen molar-refractivity contribution in [2.75, 3.05) is 22.4 Å². The fourth-order valence-electron chi connectivity index (χ4n) is 0.0825. The van der Waals surface area contributed by atoms with E-state index < -0.39 is 6.10 Å². The average Bonchev–Trinajstić information content (AvgIpc) is 2.16. The summed E-state index contributed by atoms with van der Waals surface area (Å²) in [6.45, 7) is 0. The normalized spacial score (nSPS) is 10.0. The second kappa shape index (κ2) is 12.5. The van der Waals surface area contributed by atoms with Gasteiger partial charge >= 0.3 is 0 Å². The van der Waals surface area contributed by atoms with E-state index in [4.69, 9.17) is 33.4 Å². The summed E-state index contributed by atoms with van der Waals surface area (Å²) >= 11 is 16.4. The van der Waals surface area contributed by atoms with Gasteiger partial charge in [-0.3, -0.25) is 0 Å². The van der Waals surface area contributed by atoms with Crippen LogP contribution < -0.4 is 0 Å². The first kappa shape index (κ1) is 15.9. The Hall–Kier alpha value is 1.46. The molecule has 0 aromatic rings. The number of alkyl halides is 4. The Kier molecular flexibility index (Phi) is 16.5. The smallest absolute Gasteiger partial charge is 0.0810 e. The van der Waals surface area contributed by atoms with Crippen LogP contribution in [-0.4, -0.2) is 44.8 Å². The zero-order valence-corrected chi connectivity index (χ0v) is 11.1. The van der Waals surface area contributed by atoms with Crippen LogP contribution in [0.2, 0.25) is 0 Å². The van der Waals surface area contributed by atoms with Crippen molar-refractivity contribution in [1.29, 1.82) is 0 Å². The molecule has 0 saturated heterocycles. The van der Waals surface area contributed by atoms with Crippen molar-refractivity contribution in [1.82, 2.24) is 0 Å². The SMILES string of the molecule is OC(CBr)CBr.OC(CCl)CCl. The maximum absolute atomic E-state index is 8.57. The van der Waals surface area contributed by atoms with E-state index in [-0.39, 0.29) is 17.9 Å². The predicted molar refractivity (Wildman–Crippen MR) is 61.0 cm³/mol. The molecule has 0 atom stereocenters. The Bertz CT molecular complexity index is 69.9. The molecule has 0 amide bonds. The van der Waals surface area contributed by atoms with E-state index in [0.29, 0.717) is 10.7 Å². The van der Waals surface area contributed by atoms with E-state index in [1.165, 1.54) is 0 Å². The van der Waals surface area contributed by atoms with Crippen LogP contribution >= 0.6 is 55.1 Å². The van der Waals surface area contributed by atoms with Crippen molar-refractivity contribution in [3.8, 4) is 0 Å². The highest BCUT2D eigenvalue weighted by atomic mass is 79.9. The van der Waals surface area contributed by atoms with Gasteiger partial charge in [0.1, 0.15) is 0 Å². The van der Waals surface area contributed by atoms with Crippen LogP contribution in [0.15, 0.2) is 0 Å². The maximum Gasteiger partial charge on any atom is 0.0810 e. The summed E-state index contributed by atoms with van der Waals surface area (Å²) in [5.41, 5.74) is 0. The minimum Gasteiger partial charge on any atom is -0.391 e. The Balaban J connectivity index is 0. The Morgan fingerprint density at radius 2 is 1.25 bits per heavy atom. The van der Waals surface area contributed by atoms with E-state index in [1.54, 1.807) is 0 Å². The van der Waals surface area contributed by atoms with Crippen molar-refractivity contribution in [2.45, 2.75) is 12.2 Å². The second-order valence-electron chi connectivity index (χ2n) is 1.92. The summed E-state index contributed by atoms with van der Waals surface area (Å²) in [4.78, 5) is 0. The van der Waals surface area contributed by atoms with Crippen molar-refractivity contribution < 1.29 is 10.2 Å². The largest absolute Gasteiger partial charge is 0.391 e. The molecule has 0 aliphatic heterocycles. The lowest BCUT2D eigenvalue weighted by Gasteiger charge is -1.95. The van der Waals surface area contributed by atoms with Gasteiger partial charge in [0, 0.05) is 22.4 Å². The zero-order chi connectivity index (χ0) is 9.98. The molecular weight excluding hydrogens is 335 g/mol. The molecule has 0 fully saturated rings. The highest BCUT2D eigenvalue weighted by Crippen LogP contribution is 1.92. The molecule has 0 aliphatic rings. The van der Waals surface area contributed by atoms with Gasteiger partial charge < -0.3 is 10.2 Å². The fourth-order valence-corrected chi connectivity index (χ4v) is 1.48. The number of aliphatic hydroxyl groups excluding tert-OH is 2. The number of halogens is 4. The first-order chi connectivity index (χ1) is 5.62. The molecule has 0 aromatic heterocycles. The van der Waals surface area contributed by atoms with E-state index in [2.05, 4.69) is 31.9 Å². The van der Waals surface area contributed by atoms with Crippen LogP contribution in [0.25, 0.3) is 0 Å². The van der Waals surface area contributed by atoms with Gasteiger partial charge in [0.15, 0.2) is 0 Å². The lowest BCUT2D eigenvalue weighted by molar-refractivity contribution is 0.222. The second-order valence-corrected chi connectivity index (χ2v) is 3.84. The summed E-state index contributed by atoms with van der Waals surface area (Å²) in [6.07, 6.45) is -0.765. The zero-order valence-electron chi connectivity index (χ0n) is 6.39. The molecule has 0 rings (SSSR count). The lowest BCUT2D eigenvalue weighted by atomic mass is 10.5. The van der Waals surface area contributed by atoms with Crippen molar-refractivity contribution in [3.63, 3.8) is 0 Å². The number of hydrogen-bond donors (Lipinski definition) is 2. The first-order valence-electron chi connectivity index (χ1n) is 3.22. The summed E-state index contributed by atoms with van der Waals surface area (Å²) in [7, 11) is 0. The molecule has 0 aromatic carbocycles. The third-order valence-corrected chi connectivity index (χ3v) is 2.92. The number of hydrogen-bond acceptors (Lipinski definition) is 2. The predicted octanol–water partition coefficient (Wildman–Crippen LogP) is 1.96. The van der Waals surface area contributed by atoms with Gasteiger partial charge in [-0.1, -0.05) is 31.9 Å². The molecular formula is C6H12Br2Cl2O2. The van der Waals surface area contributed by atoms with E-state index in [0.717, 1.165) is 0 Å². The average molecular weight is 347 g/mol. The first-order valence-corrected chi connectivity index (χ1v) is 6.53. The molecule has 0 radical (unpaired) electrons. The fraction of sp³-hybridized carbons (Fsp3) is 1.00. The monoisotopic (exact) mass is 344 g/mol. The van der Waals surface area contributed by atoms with Gasteiger partial charge in [-0.15, -0.1) is 23.2 Å². The molecule has 0 unspecified atom stereocenters. The third-order valence-electron chi connectivity index (χ3n) is 0.712. The van der Waals surface area contributed by atoms with E-state index in [9.17, 15) is 0 Å². The van der Waals surface area contributed by atoms with Gasteiger partial charge in [-0.25, -0.2) is 0 Å². The van der Waals surface area contributed by atoms with E-state index >= 15 is 0 Å². The van der Waals surface area contributed by atoms with Gasteiger partial charge in [0.05, 0.1) is 12.2 Å². The van der Waals surface area contributed by atoms with Crippen LogP contribution in [0, 0.1) is 0 Å². The minimum atomic E-state index is -0.534. The Morgan fingerprint density at radius 1 is 0.917 bits per heavy atom. The molecule has 2 nitrogen and oxygen atoms in total. The van der Waals surface area contributed by atoms with Crippen LogP contribution in [-0.2, 0) is 0 Å². The molecule has 76 valence electrons. The van der Waals surface area contributed by atoms with Crippen LogP contribution in [0.5, 0.6) is 0 Å². The summed E-state index contributed by atoms with van der Waals surface area (Å²) in [6, 6.07) is 0. The number of rotatable bonds is 4. The Labute approximate surface area is 99.5 Å². The summed E-state index contributed by atoms with van der Waals surface area (Å²) in [5, 5.41) is 18.3. The minimum absolute atomic E-state index is 0.226. The van der Waals surface area contributed by atoms with Crippen LogP contribution in [0.1, 0.15) is 0 Å². The summed E-state index contributed by atoms with van der Waals surface area (Å²) in [5.74, 6) is 0.451. The topological polar surface area (TPSA) is 40.5 Å². The van der Waals surface area contributed by atoms with Crippen LogP contribution in [0.4, 0.5) is 0 Å². The van der Waals surface area contributed by atoms with Crippen molar-refractivity contribution >= 4 is 55.1 Å². The van der Waals surface area contributed by atoms with Gasteiger partial charge in [-0.05, 0) is 0 Å². The molecule has 0 saturated carbocycles. The molecule has 0 spiro atoms. The molecule has 0 bridgehead atoms. The molecule has 2 N–H and O–H groups in total. The summed E-state index contributed by atoms with van der Waals surface area (Å²) < 4.78 is 0.